The second-order valence-electron chi connectivity index (χ2n) is 3.74. The van der Waals surface area contributed by atoms with Gasteiger partial charge in [0.15, 0.2) is 0 Å². The molecule has 0 unspecified atom stereocenters. The third kappa shape index (κ3) is 7.19. The summed E-state index contributed by atoms with van der Waals surface area (Å²) in [6, 6.07) is 0.193. The van der Waals surface area contributed by atoms with Gasteiger partial charge in [0.1, 0.15) is 6.54 Å². The van der Waals surface area contributed by atoms with Crippen LogP contribution in [-0.4, -0.2) is 61.3 Å². The zero-order valence-electron chi connectivity index (χ0n) is 10.0. The smallest absolute Gasteiger partial charge is 0.323 e. The molecule has 0 aliphatic carbocycles. The van der Waals surface area contributed by atoms with Crippen molar-refractivity contribution in [1.29, 1.82) is 0 Å². The highest BCUT2D eigenvalue weighted by atomic mass is 16.5. The number of carbonyl (C=O) groups excluding carboxylic acids is 1. The number of carboxylic acid groups (broad SMARTS) is 1. The number of rotatable bonds is 8. The minimum Gasteiger partial charge on any atom is -0.480 e. The molecule has 0 aliphatic heterocycles. The monoisotopic (exact) mass is 232 g/mol. The number of nitrogens with one attached hydrogen (secondary N) is 1. The highest BCUT2D eigenvalue weighted by molar-refractivity contribution is 5.82. The number of methoxy groups -OCH3 is 1. The number of nitrogens with zero attached hydrogens (tertiary/aromatic N) is 1. The molecule has 0 bridgehead atoms. The van der Waals surface area contributed by atoms with Crippen LogP contribution < -0.4 is 5.32 Å². The standard InChI is InChI=1S/C10H20N2O4/c1-8(2)11-6-9(13)12(4-5-16-3)7-10(14)15/h8,11H,4-7H2,1-3H3,(H,14,15). The van der Waals surface area contributed by atoms with E-state index in [9.17, 15) is 9.59 Å². The third-order valence-electron chi connectivity index (χ3n) is 1.91. The van der Waals surface area contributed by atoms with Gasteiger partial charge >= 0.3 is 5.97 Å². The number of hydrogen-bond donors (Lipinski definition) is 2. The molecule has 6 nitrogen and oxygen atoms in total. The molecule has 0 rings (SSSR count). The Balaban J connectivity index is 4.14. The molecule has 1 amide bonds. The normalized spacial score (nSPS) is 10.5. The van der Waals surface area contributed by atoms with Gasteiger partial charge in [-0.3, -0.25) is 9.59 Å². The van der Waals surface area contributed by atoms with Crippen LogP contribution in [0.1, 0.15) is 13.8 Å². The summed E-state index contributed by atoms with van der Waals surface area (Å²) < 4.78 is 4.82. The maximum atomic E-state index is 11.6. The van der Waals surface area contributed by atoms with Crippen LogP contribution in [0.15, 0.2) is 0 Å². The Hall–Kier alpha value is -1.14. The first-order valence-electron chi connectivity index (χ1n) is 5.19. The molecule has 0 aromatic carbocycles. The van der Waals surface area contributed by atoms with Crippen molar-refractivity contribution >= 4 is 11.9 Å². The lowest BCUT2D eigenvalue weighted by atomic mass is 10.3. The summed E-state index contributed by atoms with van der Waals surface area (Å²) in [7, 11) is 1.51. The average Bonchev–Trinajstić information content (AvgIpc) is 2.20. The fourth-order valence-electron chi connectivity index (χ4n) is 1.06. The van der Waals surface area contributed by atoms with Crippen LogP contribution in [-0.2, 0) is 14.3 Å². The second-order valence-corrected chi connectivity index (χ2v) is 3.74. The lowest BCUT2D eigenvalue weighted by molar-refractivity contribution is -0.144. The Kier molecular flexibility index (Phi) is 7.49. The van der Waals surface area contributed by atoms with E-state index in [1.54, 1.807) is 0 Å². The Morgan fingerprint density at radius 3 is 2.50 bits per heavy atom. The van der Waals surface area contributed by atoms with Crippen molar-refractivity contribution in [2.75, 3.05) is 33.4 Å². The van der Waals surface area contributed by atoms with Crippen molar-refractivity contribution in [3.63, 3.8) is 0 Å². The van der Waals surface area contributed by atoms with Gasteiger partial charge in [0.25, 0.3) is 0 Å². The SMILES string of the molecule is COCCN(CC(=O)O)C(=O)CNC(C)C. The molecular formula is C10H20N2O4. The van der Waals surface area contributed by atoms with Crippen molar-refractivity contribution in [3.8, 4) is 0 Å². The first kappa shape index (κ1) is 14.9. The fourth-order valence-corrected chi connectivity index (χ4v) is 1.06. The highest BCUT2D eigenvalue weighted by Crippen LogP contribution is 1.91. The van der Waals surface area contributed by atoms with E-state index < -0.39 is 5.97 Å². The number of aliphatic carboxylic acids is 1. The molecule has 94 valence electrons. The van der Waals surface area contributed by atoms with Crippen molar-refractivity contribution < 1.29 is 19.4 Å². The van der Waals surface area contributed by atoms with Crippen molar-refractivity contribution in [1.82, 2.24) is 10.2 Å². The zero-order valence-corrected chi connectivity index (χ0v) is 10.0. The van der Waals surface area contributed by atoms with E-state index in [2.05, 4.69) is 5.32 Å². The van der Waals surface area contributed by atoms with E-state index in [-0.39, 0.29) is 25.0 Å². The van der Waals surface area contributed by atoms with Gasteiger partial charge in [0.05, 0.1) is 13.2 Å². The van der Waals surface area contributed by atoms with E-state index in [0.29, 0.717) is 13.2 Å². The Morgan fingerprint density at radius 1 is 1.44 bits per heavy atom. The van der Waals surface area contributed by atoms with Crippen LogP contribution in [0, 0.1) is 0 Å². The number of carboxylic acids is 1. The number of hydrogen-bond acceptors (Lipinski definition) is 4. The van der Waals surface area contributed by atoms with Crippen LogP contribution in [0.4, 0.5) is 0 Å². The number of ether oxygens (including phenoxy) is 1. The predicted octanol–water partition coefficient (Wildman–Crippen LogP) is -0.456. The molecular weight excluding hydrogens is 212 g/mol. The quantitative estimate of drug-likeness (QED) is 0.592. The van der Waals surface area contributed by atoms with Crippen molar-refractivity contribution in [3.05, 3.63) is 0 Å². The van der Waals surface area contributed by atoms with E-state index in [1.165, 1.54) is 12.0 Å². The van der Waals surface area contributed by atoms with Gasteiger partial charge in [-0.1, -0.05) is 13.8 Å². The molecule has 16 heavy (non-hydrogen) atoms. The molecule has 0 aromatic heterocycles. The van der Waals surface area contributed by atoms with Crippen molar-refractivity contribution in [2.45, 2.75) is 19.9 Å². The molecule has 0 fully saturated rings. The van der Waals surface area contributed by atoms with Gasteiger partial charge in [0.2, 0.25) is 5.91 Å². The molecule has 0 aromatic rings. The summed E-state index contributed by atoms with van der Waals surface area (Å²) in [5, 5.41) is 11.6. The van der Waals surface area contributed by atoms with E-state index >= 15 is 0 Å². The lowest BCUT2D eigenvalue weighted by Gasteiger charge is -2.21. The van der Waals surface area contributed by atoms with Gasteiger partial charge in [-0.05, 0) is 0 Å². The van der Waals surface area contributed by atoms with Gasteiger partial charge in [-0.25, -0.2) is 0 Å². The summed E-state index contributed by atoms with van der Waals surface area (Å²) in [5.74, 6) is -1.25. The van der Waals surface area contributed by atoms with Gasteiger partial charge in [-0.15, -0.1) is 0 Å². The summed E-state index contributed by atoms with van der Waals surface area (Å²) in [6.45, 7) is 4.33. The maximum Gasteiger partial charge on any atom is 0.323 e. The number of amides is 1. The summed E-state index contributed by atoms with van der Waals surface area (Å²) >= 11 is 0. The van der Waals surface area contributed by atoms with Gasteiger partial charge in [-0.2, -0.15) is 0 Å². The average molecular weight is 232 g/mol. The molecule has 6 heteroatoms. The lowest BCUT2D eigenvalue weighted by Crippen LogP contribution is -2.44. The molecule has 2 N–H and O–H groups in total. The first-order chi connectivity index (χ1) is 7.47. The maximum absolute atomic E-state index is 11.6. The minimum absolute atomic E-state index is 0.147. The fraction of sp³-hybridized carbons (Fsp3) is 0.800. The zero-order chi connectivity index (χ0) is 12.6. The Morgan fingerprint density at radius 2 is 2.06 bits per heavy atom. The predicted molar refractivity (Wildman–Crippen MR) is 59.2 cm³/mol. The topological polar surface area (TPSA) is 78.9 Å². The minimum atomic E-state index is -1.02. The van der Waals surface area contributed by atoms with Crippen LogP contribution in [0.2, 0.25) is 0 Å². The van der Waals surface area contributed by atoms with Gasteiger partial charge in [0, 0.05) is 19.7 Å². The van der Waals surface area contributed by atoms with Crippen LogP contribution in [0.25, 0.3) is 0 Å². The molecule has 0 heterocycles. The largest absolute Gasteiger partial charge is 0.480 e. The molecule has 0 saturated heterocycles. The van der Waals surface area contributed by atoms with E-state index in [0.717, 1.165) is 0 Å². The van der Waals surface area contributed by atoms with Gasteiger partial charge < -0.3 is 20.1 Å². The highest BCUT2D eigenvalue weighted by Gasteiger charge is 2.16. The molecule has 0 saturated carbocycles. The van der Waals surface area contributed by atoms with Crippen LogP contribution in [0.3, 0.4) is 0 Å². The second kappa shape index (κ2) is 8.06. The Labute approximate surface area is 95.6 Å². The third-order valence-corrected chi connectivity index (χ3v) is 1.91. The van der Waals surface area contributed by atoms with Crippen LogP contribution in [0.5, 0.6) is 0 Å². The first-order valence-corrected chi connectivity index (χ1v) is 5.19. The summed E-state index contributed by atoms with van der Waals surface area (Å²) in [4.78, 5) is 23.5. The van der Waals surface area contributed by atoms with E-state index in [4.69, 9.17) is 9.84 Å². The van der Waals surface area contributed by atoms with Crippen molar-refractivity contribution in [2.24, 2.45) is 0 Å². The molecule has 0 radical (unpaired) electrons. The molecule has 0 atom stereocenters. The molecule has 0 aliphatic rings. The Bertz CT molecular complexity index is 231. The summed E-state index contributed by atoms with van der Waals surface area (Å²) in [5.41, 5.74) is 0. The number of carbonyl (C=O) groups is 2. The summed E-state index contributed by atoms with van der Waals surface area (Å²) in [6.07, 6.45) is 0. The van der Waals surface area contributed by atoms with Crippen LogP contribution >= 0.6 is 0 Å². The van der Waals surface area contributed by atoms with E-state index in [1.807, 2.05) is 13.8 Å². The molecule has 0 spiro atoms.